The third-order valence-corrected chi connectivity index (χ3v) is 1.24. The Balaban J connectivity index is 3.11. The first-order chi connectivity index (χ1) is 5.85. The van der Waals surface area contributed by atoms with Crippen molar-refractivity contribution in [2.45, 2.75) is 6.29 Å². The van der Waals surface area contributed by atoms with Crippen LogP contribution < -0.4 is 0 Å². The molecule has 0 aliphatic carbocycles. The van der Waals surface area contributed by atoms with E-state index in [4.69, 9.17) is 18.9 Å². The molecule has 0 spiro atoms. The molecule has 0 heterocycles. The van der Waals surface area contributed by atoms with Gasteiger partial charge in [-0.05, 0) is 0 Å². The summed E-state index contributed by atoms with van der Waals surface area (Å²) < 4.78 is 19.8. The summed E-state index contributed by atoms with van der Waals surface area (Å²) in [5.41, 5.74) is 0. The quantitative estimate of drug-likeness (QED) is 0.311. The molecule has 0 saturated heterocycles. The Labute approximate surface area is 73.1 Å². The van der Waals surface area contributed by atoms with Gasteiger partial charge < -0.3 is 18.9 Å². The third kappa shape index (κ3) is 6.15. The SMILES string of the molecule is C=COCCOCC(OC)OC. The van der Waals surface area contributed by atoms with Crippen molar-refractivity contribution >= 4 is 0 Å². The maximum absolute atomic E-state index is 5.16. The molecule has 0 aliphatic heterocycles. The van der Waals surface area contributed by atoms with Crippen molar-refractivity contribution in [1.29, 1.82) is 0 Å². The normalized spacial score (nSPS) is 10.2. The van der Waals surface area contributed by atoms with E-state index in [1.54, 1.807) is 14.2 Å². The predicted molar refractivity (Wildman–Crippen MR) is 44.8 cm³/mol. The second-order valence-corrected chi connectivity index (χ2v) is 2.01. The molecule has 0 atom stereocenters. The van der Waals surface area contributed by atoms with Crippen LogP contribution in [0.25, 0.3) is 0 Å². The fourth-order valence-electron chi connectivity index (χ4n) is 0.602. The summed E-state index contributed by atoms with van der Waals surface area (Å²) in [4.78, 5) is 0. The Bertz CT molecular complexity index is 101. The maximum Gasteiger partial charge on any atom is 0.180 e. The smallest absolute Gasteiger partial charge is 0.180 e. The summed E-state index contributed by atoms with van der Waals surface area (Å²) >= 11 is 0. The zero-order chi connectivity index (χ0) is 9.23. The number of rotatable bonds is 8. The van der Waals surface area contributed by atoms with Crippen molar-refractivity contribution in [2.24, 2.45) is 0 Å². The summed E-state index contributed by atoms with van der Waals surface area (Å²) in [5.74, 6) is 0. The van der Waals surface area contributed by atoms with E-state index in [-0.39, 0.29) is 6.29 Å². The van der Waals surface area contributed by atoms with Crippen LogP contribution in [0.1, 0.15) is 0 Å². The highest BCUT2D eigenvalue weighted by atomic mass is 16.7. The molecular formula is C8H16O4. The average molecular weight is 176 g/mol. The van der Waals surface area contributed by atoms with Crippen LogP contribution in [0.5, 0.6) is 0 Å². The molecule has 0 fully saturated rings. The lowest BCUT2D eigenvalue weighted by molar-refractivity contribution is -0.142. The van der Waals surface area contributed by atoms with Crippen LogP contribution in [0.2, 0.25) is 0 Å². The van der Waals surface area contributed by atoms with Crippen molar-refractivity contribution in [2.75, 3.05) is 34.0 Å². The van der Waals surface area contributed by atoms with Gasteiger partial charge in [0, 0.05) is 14.2 Å². The van der Waals surface area contributed by atoms with E-state index in [0.717, 1.165) is 0 Å². The molecule has 0 aromatic rings. The average Bonchev–Trinajstić information content (AvgIpc) is 2.11. The standard InChI is InChI=1S/C8H16O4/c1-4-11-5-6-12-7-8(9-2)10-3/h4,8H,1,5-7H2,2-3H3. The summed E-state index contributed by atoms with van der Waals surface area (Å²) in [6.07, 6.45) is 1.08. The van der Waals surface area contributed by atoms with Gasteiger partial charge in [0.2, 0.25) is 0 Å². The summed E-state index contributed by atoms with van der Waals surface area (Å²) in [6.45, 7) is 4.82. The van der Waals surface area contributed by atoms with Crippen molar-refractivity contribution in [3.63, 3.8) is 0 Å². The second-order valence-electron chi connectivity index (χ2n) is 2.01. The molecule has 0 rings (SSSR count). The van der Waals surface area contributed by atoms with E-state index < -0.39 is 0 Å². The van der Waals surface area contributed by atoms with Gasteiger partial charge in [-0.1, -0.05) is 6.58 Å². The first kappa shape index (κ1) is 11.4. The first-order valence-corrected chi connectivity index (χ1v) is 3.71. The zero-order valence-electron chi connectivity index (χ0n) is 7.62. The van der Waals surface area contributed by atoms with Crippen LogP contribution in [0.3, 0.4) is 0 Å². The van der Waals surface area contributed by atoms with Gasteiger partial charge in [-0.3, -0.25) is 0 Å². The van der Waals surface area contributed by atoms with Gasteiger partial charge in [0.05, 0.1) is 19.5 Å². The van der Waals surface area contributed by atoms with E-state index >= 15 is 0 Å². The molecule has 0 aliphatic rings. The van der Waals surface area contributed by atoms with Crippen molar-refractivity contribution in [3.05, 3.63) is 12.8 Å². The Kier molecular flexibility index (Phi) is 8.10. The predicted octanol–water partition coefficient (Wildman–Crippen LogP) is 0.782. The van der Waals surface area contributed by atoms with Gasteiger partial charge in [0.25, 0.3) is 0 Å². The molecule has 4 heteroatoms. The zero-order valence-corrected chi connectivity index (χ0v) is 7.62. The molecule has 4 nitrogen and oxygen atoms in total. The van der Waals surface area contributed by atoms with E-state index in [1.165, 1.54) is 6.26 Å². The molecule has 0 N–H and O–H groups in total. The van der Waals surface area contributed by atoms with E-state index in [1.807, 2.05) is 0 Å². The second kappa shape index (κ2) is 8.52. The fraction of sp³-hybridized carbons (Fsp3) is 0.750. The number of hydrogen-bond acceptors (Lipinski definition) is 4. The van der Waals surface area contributed by atoms with E-state index in [9.17, 15) is 0 Å². The van der Waals surface area contributed by atoms with Gasteiger partial charge in [-0.25, -0.2) is 0 Å². The third-order valence-electron chi connectivity index (χ3n) is 1.24. The number of methoxy groups -OCH3 is 2. The summed E-state index contributed by atoms with van der Waals surface area (Å²) in [6, 6.07) is 0. The van der Waals surface area contributed by atoms with Crippen LogP contribution in [-0.4, -0.2) is 40.3 Å². The van der Waals surface area contributed by atoms with Crippen LogP contribution in [-0.2, 0) is 18.9 Å². The molecular weight excluding hydrogens is 160 g/mol. The van der Waals surface area contributed by atoms with Gasteiger partial charge in [0.15, 0.2) is 6.29 Å². The highest BCUT2D eigenvalue weighted by Crippen LogP contribution is 1.91. The van der Waals surface area contributed by atoms with Crippen molar-refractivity contribution in [1.82, 2.24) is 0 Å². The minimum atomic E-state index is -0.297. The number of hydrogen-bond donors (Lipinski definition) is 0. The summed E-state index contributed by atoms with van der Waals surface area (Å²) in [5, 5.41) is 0. The molecule has 72 valence electrons. The molecule has 0 aromatic carbocycles. The monoisotopic (exact) mass is 176 g/mol. The maximum atomic E-state index is 5.16. The van der Waals surface area contributed by atoms with E-state index in [2.05, 4.69) is 6.58 Å². The Morgan fingerprint density at radius 1 is 1.25 bits per heavy atom. The van der Waals surface area contributed by atoms with Gasteiger partial charge in [-0.2, -0.15) is 0 Å². The Hall–Kier alpha value is -0.580. The summed E-state index contributed by atoms with van der Waals surface area (Å²) in [7, 11) is 3.13. The first-order valence-electron chi connectivity index (χ1n) is 3.71. The van der Waals surface area contributed by atoms with Crippen LogP contribution in [0.15, 0.2) is 12.8 Å². The lowest BCUT2D eigenvalue weighted by atomic mass is 10.6. The molecule has 0 saturated carbocycles. The minimum absolute atomic E-state index is 0.297. The fourth-order valence-corrected chi connectivity index (χ4v) is 0.602. The van der Waals surface area contributed by atoms with E-state index in [0.29, 0.717) is 19.8 Å². The lowest BCUT2D eigenvalue weighted by Crippen LogP contribution is -2.21. The molecule has 12 heavy (non-hydrogen) atoms. The molecule has 0 unspecified atom stereocenters. The molecule has 0 aromatic heterocycles. The lowest BCUT2D eigenvalue weighted by Gasteiger charge is -2.12. The van der Waals surface area contributed by atoms with Crippen LogP contribution >= 0.6 is 0 Å². The van der Waals surface area contributed by atoms with Crippen LogP contribution in [0.4, 0.5) is 0 Å². The van der Waals surface area contributed by atoms with Crippen molar-refractivity contribution in [3.8, 4) is 0 Å². The Morgan fingerprint density at radius 3 is 2.42 bits per heavy atom. The number of ether oxygens (including phenoxy) is 4. The molecule has 0 bridgehead atoms. The highest BCUT2D eigenvalue weighted by Gasteiger charge is 2.03. The highest BCUT2D eigenvalue weighted by molar-refractivity contribution is 4.48. The van der Waals surface area contributed by atoms with Crippen LogP contribution in [0, 0.1) is 0 Å². The van der Waals surface area contributed by atoms with Gasteiger partial charge in [0.1, 0.15) is 6.61 Å². The topological polar surface area (TPSA) is 36.9 Å². The molecule has 0 amide bonds. The van der Waals surface area contributed by atoms with Gasteiger partial charge in [-0.15, -0.1) is 0 Å². The Morgan fingerprint density at radius 2 is 1.92 bits per heavy atom. The minimum Gasteiger partial charge on any atom is -0.499 e. The van der Waals surface area contributed by atoms with Gasteiger partial charge >= 0.3 is 0 Å². The molecule has 0 radical (unpaired) electrons. The van der Waals surface area contributed by atoms with Crippen molar-refractivity contribution < 1.29 is 18.9 Å². The largest absolute Gasteiger partial charge is 0.499 e.